The zero-order chi connectivity index (χ0) is 12.1. The molecule has 94 valence electrons. The summed E-state index contributed by atoms with van der Waals surface area (Å²) in [7, 11) is 1.64. The number of hydrogen-bond donors (Lipinski definition) is 1. The maximum absolute atomic E-state index is 5.80. The van der Waals surface area contributed by atoms with Crippen molar-refractivity contribution in [1.82, 2.24) is 0 Å². The lowest BCUT2D eigenvalue weighted by molar-refractivity contribution is 0.166. The summed E-state index contributed by atoms with van der Waals surface area (Å²) in [5.41, 5.74) is 6.67. The van der Waals surface area contributed by atoms with Crippen LogP contribution in [0.25, 0.3) is 0 Å². The fourth-order valence-electron chi connectivity index (χ4n) is 1.91. The molecular weight excluding hydrogens is 218 g/mol. The molecule has 1 atom stereocenters. The molecule has 0 spiro atoms. The lowest BCUT2D eigenvalue weighted by atomic mass is 10.1. The van der Waals surface area contributed by atoms with Gasteiger partial charge in [0, 0.05) is 24.6 Å². The Kier molecular flexibility index (Phi) is 4.23. The van der Waals surface area contributed by atoms with Gasteiger partial charge in [0.1, 0.15) is 11.5 Å². The number of ether oxygens (including phenoxy) is 3. The van der Waals surface area contributed by atoms with Crippen molar-refractivity contribution < 1.29 is 14.2 Å². The van der Waals surface area contributed by atoms with Crippen molar-refractivity contribution in [3.63, 3.8) is 0 Å². The molecule has 1 aliphatic rings. The first-order valence-electron chi connectivity index (χ1n) is 5.91. The zero-order valence-electron chi connectivity index (χ0n) is 10.1. The van der Waals surface area contributed by atoms with E-state index in [4.69, 9.17) is 19.9 Å². The van der Waals surface area contributed by atoms with Gasteiger partial charge in [0.25, 0.3) is 0 Å². The molecule has 0 aromatic heterocycles. The highest BCUT2D eigenvalue weighted by molar-refractivity contribution is 5.40. The average Bonchev–Trinajstić information content (AvgIpc) is 2.89. The largest absolute Gasteiger partial charge is 0.497 e. The van der Waals surface area contributed by atoms with Crippen molar-refractivity contribution >= 4 is 0 Å². The van der Waals surface area contributed by atoms with E-state index in [1.54, 1.807) is 7.11 Å². The second-order valence-electron chi connectivity index (χ2n) is 4.22. The molecule has 1 saturated heterocycles. The Morgan fingerprint density at radius 2 is 2.35 bits per heavy atom. The summed E-state index contributed by atoms with van der Waals surface area (Å²) >= 11 is 0. The fraction of sp³-hybridized carbons (Fsp3) is 0.538. The SMILES string of the molecule is COc1ccc(OCC2CCOC2)c(CN)c1. The van der Waals surface area contributed by atoms with Crippen LogP contribution in [0.5, 0.6) is 11.5 Å². The molecule has 2 N–H and O–H groups in total. The molecular formula is C13H19NO3. The predicted octanol–water partition coefficient (Wildman–Crippen LogP) is 1.57. The van der Waals surface area contributed by atoms with E-state index in [-0.39, 0.29) is 0 Å². The minimum absolute atomic E-state index is 0.452. The summed E-state index contributed by atoms with van der Waals surface area (Å²) in [4.78, 5) is 0. The van der Waals surface area contributed by atoms with E-state index in [1.165, 1.54) is 0 Å². The van der Waals surface area contributed by atoms with Crippen LogP contribution in [0, 0.1) is 5.92 Å². The zero-order valence-corrected chi connectivity index (χ0v) is 10.1. The fourth-order valence-corrected chi connectivity index (χ4v) is 1.91. The summed E-state index contributed by atoms with van der Waals surface area (Å²) in [6.07, 6.45) is 1.08. The Hall–Kier alpha value is -1.26. The van der Waals surface area contributed by atoms with Crippen LogP contribution in [0.3, 0.4) is 0 Å². The summed E-state index contributed by atoms with van der Waals surface area (Å²) in [6, 6.07) is 5.72. The van der Waals surface area contributed by atoms with Crippen molar-refractivity contribution in [2.24, 2.45) is 11.7 Å². The predicted molar refractivity (Wildman–Crippen MR) is 65.3 cm³/mol. The Labute approximate surface area is 102 Å². The highest BCUT2D eigenvalue weighted by Crippen LogP contribution is 2.25. The molecule has 1 aromatic rings. The minimum Gasteiger partial charge on any atom is -0.497 e. The normalized spacial score (nSPS) is 19.3. The first kappa shape index (κ1) is 12.2. The van der Waals surface area contributed by atoms with Gasteiger partial charge >= 0.3 is 0 Å². The Bertz CT molecular complexity index is 362. The van der Waals surface area contributed by atoms with Gasteiger partial charge in [0.15, 0.2) is 0 Å². The molecule has 1 aromatic carbocycles. The molecule has 1 fully saturated rings. The molecule has 0 saturated carbocycles. The van der Waals surface area contributed by atoms with Crippen molar-refractivity contribution in [1.29, 1.82) is 0 Å². The Balaban J connectivity index is 1.98. The smallest absolute Gasteiger partial charge is 0.124 e. The van der Waals surface area contributed by atoms with Crippen LogP contribution in [-0.2, 0) is 11.3 Å². The van der Waals surface area contributed by atoms with Crippen molar-refractivity contribution in [3.05, 3.63) is 23.8 Å². The first-order chi connectivity index (χ1) is 8.33. The minimum atomic E-state index is 0.452. The third-order valence-corrected chi connectivity index (χ3v) is 2.99. The molecule has 17 heavy (non-hydrogen) atoms. The quantitative estimate of drug-likeness (QED) is 0.844. The van der Waals surface area contributed by atoms with E-state index >= 15 is 0 Å². The standard InChI is InChI=1S/C13H19NO3/c1-15-12-2-3-13(11(6-12)7-14)17-9-10-4-5-16-8-10/h2-3,6,10H,4-5,7-9,14H2,1H3. The van der Waals surface area contributed by atoms with Gasteiger partial charge < -0.3 is 19.9 Å². The van der Waals surface area contributed by atoms with Crippen LogP contribution in [0.2, 0.25) is 0 Å². The molecule has 4 nitrogen and oxygen atoms in total. The van der Waals surface area contributed by atoms with Crippen LogP contribution in [-0.4, -0.2) is 26.9 Å². The second-order valence-corrected chi connectivity index (χ2v) is 4.22. The molecule has 1 heterocycles. The third-order valence-electron chi connectivity index (χ3n) is 2.99. The van der Waals surface area contributed by atoms with Gasteiger partial charge in [0.2, 0.25) is 0 Å². The highest BCUT2D eigenvalue weighted by atomic mass is 16.5. The van der Waals surface area contributed by atoms with Gasteiger partial charge in [-0.15, -0.1) is 0 Å². The monoisotopic (exact) mass is 237 g/mol. The van der Waals surface area contributed by atoms with E-state index in [0.717, 1.165) is 36.7 Å². The van der Waals surface area contributed by atoms with Crippen molar-refractivity contribution in [3.8, 4) is 11.5 Å². The Morgan fingerprint density at radius 1 is 1.47 bits per heavy atom. The van der Waals surface area contributed by atoms with E-state index in [9.17, 15) is 0 Å². The Morgan fingerprint density at radius 3 is 3.00 bits per heavy atom. The van der Waals surface area contributed by atoms with Crippen LogP contribution < -0.4 is 15.2 Å². The van der Waals surface area contributed by atoms with Crippen LogP contribution >= 0.6 is 0 Å². The van der Waals surface area contributed by atoms with E-state index < -0.39 is 0 Å². The van der Waals surface area contributed by atoms with Gasteiger partial charge in [-0.25, -0.2) is 0 Å². The number of methoxy groups -OCH3 is 1. The van der Waals surface area contributed by atoms with E-state index in [0.29, 0.717) is 19.1 Å². The first-order valence-corrected chi connectivity index (χ1v) is 5.91. The summed E-state index contributed by atoms with van der Waals surface area (Å²) in [5, 5.41) is 0. The number of hydrogen-bond acceptors (Lipinski definition) is 4. The van der Waals surface area contributed by atoms with Crippen LogP contribution in [0.1, 0.15) is 12.0 Å². The molecule has 0 amide bonds. The van der Waals surface area contributed by atoms with E-state index in [2.05, 4.69) is 0 Å². The topological polar surface area (TPSA) is 53.7 Å². The average molecular weight is 237 g/mol. The number of rotatable bonds is 5. The van der Waals surface area contributed by atoms with Crippen LogP contribution in [0.15, 0.2) is 18.2 Å². The summed E-state index contributed by atoms with van der Waals surface area (Å²) in [6.45, 7) is 2.79. The molecule has 4 heteroatoms. The molecule has 2 rings (SSSR count). The third kappa shape index (κ3) is 3.11. The van der Waals surface area contributed by atoms with Gasteiger partial charge in [-0.1, -0.05) is 0 Å². The lowest BCUT2D eigenvalue weighted by Crippen LogP contribution is -2.13. The highest BCUT2D eigenvalue weighted by Gasteiger charge is 2.16. The van der Waals surface area contributed by atoms with Gasteiger partial charge in [-0.3, -0.25) is 0 Å². The number of nitrogens with two attached hydrogens (primary N) is 1. The molecule has 0 aliphatic carbocycles. The number of benzene rings is 1. The maximum atomic E-state index is 5.80. The van der Waals surface area contributed by atoms with Gasteiger partial charge in [-0.05, 0) is 24.6 Å². The molecule has 0 radical (unpaired) electrons. The van der Waals surface area contributed by atoms with Gasteiger partial charge in [0.05, 0.1) is 20.3 Å². The van der Waals surface area contributed by atoms with Crippen molar-refractivity contribution in [2.75, 3.05) is 26.9 Å². The van der Waals surface area contributed by atoms with Gasteiger partial charge in [-0.2, -0.15) is 0 Å². The summed E-state index contributed by atoms with van der Waals surface area (Å²) in [5.74, 6) is 2.16. The summed E-state index contributed by atoms with van der Waals surface area (Å²) < 4.78 is 16.3. The van der Waals surface area contributed by atoms with E-state index in [1.807, 2.05) is 18.2 Å². The second kappa shape index (κ2) is 5.89. The van der Waals surface area contributed by atoms with Crippen LogP contribution in [0.4, 0.5) is 0 Å². The molecule has 0 bridgehead atoms. The lowest BCUT2D eigenvalue weighted by Gasteiger charge is -2.14. The molecule has 1 unspecified atom stereocenters. The maximum Gasteiger partial charge on any atom is 0.124 e. The molecule has 1 aliphatic heterocycles. The van der Waals surface area contributed by atoms with Crippen molar-refractivity contribution in [2.45, 2.75) is 13.0 Å².